The fraction of sp³-hybridized carbons (Fsp3) is 0.231. The van der Waals surface area contributed by atoms with Crippen molar-refractivity contribution in [3.8, 4) is 0 Å². The molecule has 0 spiro atoms. The molecule has 0 aliphatic carbocycles. The van der Waals surface area contributed by atoms with E-state index in [-0.39, 0.29) is 13.2 Å². The Labute approximate surface area is 132 Å². The average Bonchev–Trinajstić information content (AvgIpc) is 2.46. The maximum Gasteiger partial charge on any atom is 0.396 e. The average molecular weight is 370 g/mol. The lowest BCUT2D eigenvalue weighted by Gasteiger charge is -2.08. The Hall–Kier alpha value is -2.42. The van der Waals surface area contributed by atoms with Gasteiger partial charge in [0.1, 0.15) is 0 Å². The van der Waals surface area contributed by atoms with E-state index in [0.29, 0.717) is 21.1 Å². The Kier molecular flexibility index (Phi) is 4.76. The summed E-state index contributed by atoms with van der Waals surface area (Å²) in [6, 6.07) is 3.27. The van der Waals surface area contributed by atoms with Crippen LogP contribution in [0.5, 0.6) is 0 Å². The molecule has 22 heavy (non-hydrogen) atoms. The number of rotatable bonds is 3. The number of hydrogen-bond acceptors (Lipinski definition) is 5. The van der Waals surface area contributed by atoms with Gasteiger partial charge in [-0.05, 0) is 24.6 Å². The van der Waals surface area contributed by atoms with Crippen LogP contribution in [0.25, 0.3) is 11.0 Å². The van der Waals surface area contributed by atoms with Crippen LogP contribution in [0.2, 0.25) is 0 Å². The minimum absolute atomic E-state index is 0.0183. The van der Waals surface area contributed by atoms with Crippen LogP contribution < -0.4 is 16.4 Å². The molecule has 0 aliphatic heterocycles. The molecule has 1 aromatic heterocycles. The minimum atomic E-state index is -0.983. The summed E-state index contributed by atoms with van der Waals surface area (Å²) in [5, 5.41) is 2.39. The molecule has 1 heterocycles. The summed E-state index contributed by atoms with van der Waals surface area (Å²) in [7, 11) is 0. The van der Waals surface area contributed by atoms with Crippen molar-refractivity contribution in [2.75, 3.05) is 6.61 Å². The number of amides is 1. The number of benzene rings is 1. The van der Waals surface area contributed by atoms with Gasteiger partial charge < -0.3 is 20.0 Å². The summed E-state index contributed by atoms with van der Waals surface area (Å²) in [6.45, 7) is 1.67. The van der Waals surface area contributed by atoms with Crippen molar-refractivity contribution in [2.24, 2.45) is 0 Å². The molecule has 0 unspecified atom stereocenters. The van der Waals surface area contributed by atoms with Gasteiger partial charge in [-0.3, -0.25) is 14.4 Å². The molecule has 3 N–H and O–H groups in total. The first-order valence-electron chi connectivity index (χ1n) is 6.32. The molecule has 2 aromatic rings. The third-order valence-corrected chi connectivity index (χ3v) is 3.24. The molecule has 1 amide bonds. The summed E-state index contributed by atoms with van der Waals surface area (Å²) in [4.78, 5) is 50.4. The molecule has 1 aromatic carbocycles. The number of fused-ring (bicyclic) bond motifs is 1. The lowest BCUT2D eigenvalue weighted by Crippen LogP contribution is -2.33. The summed E-state index contributed by atoms with van der Waals surface area (Å²) >= 11 is 3.27. The predicted octanol–water partition coefficient (Wildman–Crippen LogP) is 0.158. The summed E-state index contributed by atoms with van der Waals surface area (Å²) in [6.07, 6.45) is 0. The summed E-state index contributed by atoms with van der Waals surface area (Å²) in [5.74, 6) is -1.87. The first-order valence-corrected chi connectivity index (χ1v) is 7.11. The lowest BCUT2D eigenvalue weighted by molar-refractivity contribution is -0.154. The van der Waals surface area contributed by atoms with Gasteiger partial charge in [-0.15, -0.1) is 0 Å². The monoisotopic (exact) mass is 369 g/mol. The number of hydrogen-bond donors (Lipinski definition) is 3. The van der Waals surface area contributed by atoms with Gasteiger partial charge in [0.15, 0.2) is 0 Å². The van der Waals surface area contributed by atoms with Crippen LogP contribution in [-0.2, 0) is 20.9 Å². The quantitative estimate of drug-likeness (QED) is 0.525. The van der Waals surface area contributed by atoms with Crippen molar-refractivity contribution in [2.45, 2.75) is 13.5 Å². The number of halogens is 1. The molecule has 2 rings (SSSR count). The Morgan fingerprint density at radius 2 is 1.91 bits per heavy atom. The van der Waals surface area contributed by atoms with Gasteiger partial charge in [-0.2, -0.15) is 0 Å². The zero-order valence-electron chi connectivity index (χ0n) is 11.5. The van der Waals surface area contributed by atoms with E-state index in [0.717, 1.165) is 0 Å². The highest BCUT2D eigenvalue weighted by Crippen LogP contribution is 2.20. The second-order valence-electron chi connectivity index (χ2n) is 4.30. The number of nitrogens with one attached hydrogen (secondary N) is 3. The van der Waals surface area contributed by atoms with E-state index in [4.69, 9.17) is 0 Å². The van der Waals surface area contributed by atoms with Gasteiger partial charge in [0.25, 0.3) is 0 Å². The highest BCUT2D eigenvalue weighted by atomic mass is 79.9. The Bertz CT molecular complexity index is 855. The van der Waals surface area contributed by atoms with E-state index in [1.54, 1.807) is 19.1 Å². The molecule has 0 aliphatic rings. The number of esters is 1. The first-order chi connectivity index (χ1) is 10.4. The molecule has 116 valence electrons. The van der Waals surface area contributed by atoms with Gasteiger partial charge >= 0.3 is 23.0 Å². The van der Waals surface area contributed by atoms with Gasteiger partial charge in [0, 0.05) is 11.0 Å². The van der Waals surface area contributed by atoms with Crippen molar-refractivity contribution in [1.82, 2.24) is 15.3 Å². The van der Waals surface area contributed by atoms with Crippen molar-refractivity contribution in [3.05, 3.63) is 42.9 Å². The number of ether oxygens (including phenoxy) is 1. The zero-order valence-corrected chi connectivity index (χ0v) is 13.1. The third kappa shape index (κ3) is 3.42. The highest BCUT2D eigenvalue weighted by molar-refractivity contribution is 9.10. The van der Waals surface area contributed by atoms with E-state index >= 15 is 0 Å². The second kappa shape index (κ2) is 6.56. The van der Waals surface area contributed by atoms with Crippen LogP contribution in [0.15, 0.2) is 26.2 Å². The summed E-state index contributed by atoms with van der Waals surface area (Å²) in [5.41, 5.74) is -0.272. The van der Waals surface area contributed by atoms with Gasteiger partial charge in [-0.25, -0.2) is 4.79 Å². The Morgan fingerprint density at radius 3 is 2.59 bits per heavy atom. The standard InChI is InChI=1S/C13H12BrN3O5/c1-2-22-13(21)12(20)15-5-6-3-7(14)4-8-9(6)17-11(19)10(18)16-8/h3-4H,2,5H2,1H3,(H,15,20)(H,16,18)(H,17,19). The van der Waals surface area contributed by atoms with Crippen molar-refractivity contribution in [3.63, 3.8) is 0 Å². The molecule has 9 heteroatoms. The minimum Gasteiger partial charge on any atom is -0.459 e. The molecule has 8 nitrogen and oxygen atoms in total. The van der Waals surface area contributed by atoms with Crippen molar-refractivity contribution >= 4 is 38.8 Å². The second-order valence-corrected chi connectivity index (χ2v) is 5.21. The van der Waals surface area contributed by atoms with Gasteiger partial charge in [0.05, 0.1) is 17.6 Å². The number of carbonyl (C=O) groups excluding carboxylic acids is 2. The first kappa shape index (κ1) is 16.0. The van der Waals surface area contributed by atoms with E-state index < -0.39 is 23.0 Å². The smallest absolute Gasteiger partial charge is 0.396 e. The fourth-order valence-electron chi connectivity index (χ4n) is 1.84. The van der Waals surface area contributed by atoms with Crippen LogP contribution in [-0.4, -0.2) is 28.5 Å². The number of H-pyrrole nitrogens is 2. The molecule has 0 bridgehead atoms. The van der Waals surface area contributed by atoms with Gasteiger partial charge in [0.2, 0.25) is 0 Å². The number of aromatic nitrogens is 2. The van der Waals surface area contributed by atoms with Crippen LogP contribution in [0.1, 0.15) is 12.5 Å². The van der Waals surface area contributed by atoms with Crippen LogP contribution in [0.4, 0.5) is 0 Å². The van der Waals surface area contributed by atoms with E-state index in [9.17, 15) is 19.2 Å². The third-order valence-electron chi connectivity index (χ3n) is 2.78. The van der Waals surface area contributed by atoms with E-state index in [1.807, 2.05) is 0 Å². The van der Waals surface area contributed by atoms with Gasteiger partial charge in [-0.1, -0.05) is 15.9 Å². The van der Waals surface area contributed by atoms with Crippen LogP contribution >= 0.6 is 15.9 Å². The Balaban J connectivity index is 2.33. The molecule has 0 fully saturated rings. The maximum absolute atomic E-state index is 11.5. The van der Waals surface area contributed by atoms with Crippen molar-refractivity contribution < 1.29 is 14.3 Å². The fourth-order valence-corrected chi connectivity index (χ4v) is 2.35. The molecular formula is C13H12BrN3O5. The topological polar surface area (TPSA) is 121 Å². The molecule has 0 saturated carbocycles. The predicted molar refractivity (Wildman–Crippen MR) is 81.4 cm³/mol. The zero-order chi connectivity index (χ0) is 16.3. The van der Waals surface area contributed by atoms with E-state index in [1.165, 1.54) is 0 Å². The Morgan fingerprint density at radius 1 is 1.23 bits per heavy atom. The molecular weight excluding hydrogens is 358 g/mol. The van der Waals surface area contributed by atoms with Crippen LogP contribution in [0.3, 0.4) is 0 Å². The molecule has 0 saturated heterocycles. The molecule has 0 radical (unpaired) electrons. The SMILES string of the molecule is CCOC(=O)C(=O)NCc1cc(Br)cc2[nH]c(=O)c(=O)[nH]c12. The maximum atomic E-state index is 11.5. The number of carbonyl (C=O) groups is 2. The lowest BCUT2D eigenvalue weighted by atomic mass is 10.1. The van der Waals surface area contributed by atoms with E-state index in [2.05, 4.69) is 36.0 Å². The van der Waals surface area contributed by atoms with Crippen molar-refractivity contribution in [1.29, 1.82) is 0 Å². The highest BCUT2D eigenvalue weighted by Gasteiger charge is 2.15. The number of aromatic amines is 2. The normalized spacial score (nSPS) is 10.5. The molecule has 0 atom stereocenters. The van der Waals surface area contributed by atoms with Crippen LogP contribution in [0, 0.1) is 0 Å². The summed E-state index contributed by atoms with van der Waals surface area (Å²) < 4.78 is 5.21. The largest absolute Gasteiger partial charge is 0.459 e.